The first kappa shape index (κ1) is 13.6. The maximum atomic E-state index is 13.6. The zero-order chi connectivity index (χ0) is 14.0. The van der Waals surface area contributed by atoms with Gasteiger partial charge in [0.15, 0.2) is 5.82 Å². The number of amides is 1. The average molecular weight is 300 g/mol. The molecule has 0 saturated carbocycles. The Bertz CT molecular complexity index is 647. The molecule has 0 aliphatic rings. The first-order valence-electron chi connectivity index (χ1n) is 5.23. The molecule has 0 spiro atoms. The van der Waals surface area contributed by atoms with E-state index >= 15 is 0 Å². The normalized spacial score (nSPS) is 10.3. The lowest BCUT2D eigenvalue weighted by molar-refractivity contribution is 0.102. The van der Waals surface area contributed by atoms with Crippen molar-refractivity contribution in [3.05, 3.63) is 57.8 Å². The highest BCUT2D eigenvalue weighted by atomic mass is 35.5. The molecule has 98 valence electrons. The van der Waals surface area contributed by atoms with Crippen molar-refractivity contribution in [1.29, 1.82) is 0 Å². The lowest BCUT2D eigenvalue weighted by Gasteiger charge is -2.08. The third-order valence-electron chi connectivity index (χ3n) is 2.39. The van der Waals surface area contributed by atoms with Crippen LogP contribution < -0.4 is 5.32 Å². The van der Waals surface area contributed by atoms with E-state index < -0.39 is 11.7 Å². The molecule has 2 N–H and O–H groups in total. The second kappa shape index (κ2) is 5.47. The van der Waals surface area contributed by atoms with E-state index in [0.29, 0.717) is 0 Å². The quantitative estimate of drug-likeness (QED) is 0.877. The minimum absolute atomic E-state index is 0.0426. The van der Waals surface area contributed by atoms with Crippen LogP contribution in [0.1, 0.15) is 10.4 Å². The average Bonchev–Trinajstić information content (AvgIpc) is 2.38. The molecule has 0 saturated heterocycles. The number of phenolic OH excluding ortho intramolecular Hbond substituents is 1. The van der Waals surface area contributed by atoms with E-state index in [0.717, 1.165) is 0 Å². The number of nitrogens with one attached hydrogen (secondary N) is 1. The van der Waals surface area contributed by atoms with Gasteiger partial charge in [-0.25, -0.2) is 4.39 Å². The SMILES string of the molecule is O=C(Nc1cccc(Cl)c1F)c1cc(O)ccc1Cl. The highest BCUT2D eigenvalue weighted by Crippen LogP contribution is 2.25. The summed E-state index contributed by atoms with van der Waals surface area (Å²) in [5.41, 5.74) is -0.0158. The van der Waals surface area contributed by atoms with Crippen molar-refractivity contribution in [2.75, 3.05) is 5.32 Å². The number of anilines is 1. The fourth-order valence-corrected chi connectivity index (χ4v) is 1.86. The molecule has 6 heteroatoms. The van der Waals surface area contributed by atoms with Crippen molar-refractivity contribution in [1.82, 2.24) is 0 Å². The summed E-state index contributed by atoms with van der Waals surface area (Å²) in [4.78, 5) is 11.9. The van der Waals surface area contributed by atoms with Gasteiger partial charge < -0.3 is 10.4 Å². The van der Waals surface area contributed by atoms with Crippen molar-refractivity contribution in [2.45, 2.75) is 0 Å². The van der Waals surface area contributed by atoms with Gasteiger partial charge >= 0.3 is 0 Å². The summed E-state index contributed by atoms with van der Waals surface area (Å²) in [5, 5.41) is 11.7. The van der Waals surface area contributed by atoms with Crippen LogP contribution in [0.15, 0.2) is 36.4 Å². The second-order valence-corrected chi connectivity index (χ2v) is 4.53. The lowest BCUT2D eigenvalue weighted by atomic mass is 10.2. The van der Waals surface area contributed by atoms with Crippen LogP contribution in [0.25, 0.3) is 0 Å². The first-order chi connectivity index (χ1) is 8.99. The molecule has 0 atom stereocenters. The van der Waals surface area contributed by atoms with Gasteiger partial charge in [0.2, 0.25) is 0 Å². The molecule has 2 aromatic carbocycles. The van der Waals surface area contributed by atoms with Crippen LogP contribution in [0.4, 0.5) is 10.1 Å². The molecule has 3 nitrogen and oxygen atoms in total. The second-order valence-electron chi connectivity index (χ2n) is 3.72. The molecule has 1 amide bonds. The molecule has 0 heterocycles. The number of carbonyl (C=O) groups is 1. The predicted molar refractivity (Wildman–Crippen MR) is 72.5 cm³/mol. The largest absolute Gasteiger partial charge is 0.508 e. The van der Waals surface area contributed by atoms with Crippen molar-refractivity contribution in [2.24, 2.45) is 0 Å². The maximum absolute atomic E-state index is 13.6. The summed E-state index contributed by atoms with van der Waals surface area (Å²) in [6.45, 7) is 0. The number of carbonyl (C=O) groups excluding carboxylic acids is 1. The molecule has 0 aliphatic heterocycles. The monoisotopic (exact) mass is 299 g/mol. The molecule has 2 aromatic rings. The van der Waals surface area contributed by atoms with Crippen molar-refractivity contribution >= 4 is 34.8 Å². The lowest BCUT2D eigenvalue weighted by Crippen LogP contribution is -2.13. The predicted octanol–water partition coefficient (Wildman–Crippen LogP) is 4.09. The van der Waals surface area contributed by atoms with Crippen LogP contribution in [0, 0.1) is 5.82 Å². The Balaban J connectivity index is 2.31. The van der Waals surface area contributed by atoms with E-state index in [-0.39, 0.29) is 27.0 Å². The summed E-state index contributed by atoms with van der Waals surface area (Å²) in [6.07, 6.45) is 0. The summed E-state index contributed by atoms with van der Waals surface area (Å²) in [7, 11) is 0. The number of hydrogen-bond acceptors (Lipinski definition) is 2. The molecule has 0 radical (unpaired) electrons. The fourth-order valence-electron chi connectivity index (χ4n) is 1.48. The minimum atomic E-state index is -0.728. The molecule has 0 bridgehead atoms. The van der Waals surface area contributed by atoms with E-state index in [9.17, 15) is 14.3 Å². The van der Waals surface area contributed by atoms with Gasteiger partial charge in [0, 0.05) is 0 Å². The Morgan fingerprint density at radius 3 is 2.63 bits per heavy atom. The summed E-state index contributed by atoms with van der Waals surface area (Å²) in [5.74, 6) is -1.48. The van der Waals surface area contributed by atoms with Crippen LogP contribution in [0.3, 0.4) is 0 Å². The van der Waals surface area contributed by atoms with E-state index in [1.54, 1.807) is 0 Å². The summed E-state index contributed by atoms with van der Waals surface area (Å²) < 4.78 is 13.6. The molecular weight excluding hydrogens is 292 g/mol. The Hall–Kier alpha value is -1.78. The Morgan fingerprint density at radius 2 is 1.89 bits per heavy atom. The van der Waals surface area contributed by atoms with Crippen LogP contribution in [-0.2, 0) is 0 Å². The van der Waals surface area contributed by atoms with Gasteiger partial charge in [-0.3, -0.25) is 4.79 Å². The Labute approximate surface area is 118 Å². The molecule has 19 heavy (non-hydrogen) atoms. The number of hydrogen-bond donors (Lipinski definition) is 2. The highest BCUT2D eigenvalue weighted by Gasteiger charge is 2.14. The molecule has 0 aliphatic carbocycles. The van der Waals surface area contributed by atoms with E-state index in [4.69, 9.17) is 23.2 Å². The van der Waals surface area contributed by atoms with Gasteiger partial charge in [0.05, 0.1) is 21.3 Å². The zero-order valence-corrected chi connectivity index (χ0v) is 11.0. The third-order valence-corrected chi connectivity index (χ3v) is 3.02. The van der Waals surface area contributed by atoms with Crippen LogP contribution >= 0.6 is 23.2 Å². The number of aromatic hydroxyl groups is 1. The summed E-state index contributed by atoms with van der Waals surface area (Å²) >= 11 is 11.4. The molecule has 0 unspecified atom stereocenters. The fraction of sp³-hybridized carbons (Fsp3) is 0. The van der Waals surface area contributed by atoms with Crippen molar-refractivity contribution in [3.8, 4) is 5.75 Å². The van der Waals surface area contributed by atoms with Crippen LogP contribution in [-0.4, -0.2) is 11.0 Å². The van der Waals surface area contributed by atoms with Gasteiger partial charge in [0.25, 0.3) is 5.91 Å². The Kier molecular flexibility index (Phi) is 3.93. The standard InChI is InChI=1S/C13H8Cl2FNO2/c14-9-5-4-7(18)6-8(9)13(19)17-11-3-1-2-10(15)12(11)16/h1-6,18H,(H,17,19). The minimum Gasteiger partial charge on any atom is -0.508 e. The van der Waals surface area contributed by atoms with Crippen LogP contribution in [0.2, 0.25) is 10.0 Å². The molecule has 0 aromatic heterocycles. The first-order valence-corrected chi connectivity index (χ1v) is 5.98. The molecule has 2 rings (SSSR count). The van der Waals surface area contributed by atoms with Gasteiger partial charge in [-0.1, -0.05) is 29.3 Å². The van der Waals surface area contributed by atoms with E-state index in [1.807, 2.05) is 0 Å². The smallest absolute Gasteiger partial charge is 0.257 e. The van der Waals surface area contributed by atoms with E-state index in [2.05, 4.69) is 5.32 Å². The zero-order valence-electron chi connectivity index (χ0n) is 9.45. The van der Waals surface area contributed by atoms with Gasteiger partial charge in [0.1, 0.15) is 5.75 Å². The van der Waals surface area contributed by atoms with Gasteiger partial charge in [-0.05, 0) is 30.3 Å². The number of benzene rings is 2. The number of rotatable bonds is 2. The topological polar surface area (TPSA) is 49.3 Å². The highest BCUT2D eigenvalue weighted by molar-refractivity contribution is 6.34. The molecule has 0 fully saturated rings. The van der Waals surface area contributed by atoms with E-state index in [1.165, 1.54) is 36.4 Å². The van der Waals surface area contributed by atoms with Crippen molar-refractivity contribution in [3.63, 3.8) is 0 Å². The third kappa shape index (κ3) is 2.97. The number of halogens is 3. The summed E-state index contributed by atoms with van der Waals surface area (Å²) in [6, 6.07) is 8.16. The number of phenols is 1. The van der Waals surface area contributed by atoms with Crippen molar-refractivity contribution < 1.29 is 14.3 Å². The van der Waals surface area contributed by atoms with Gasteiger partial charge in [-0.2, -0.15) is 0 Å². The molecular formula is C13H8Cl2FNO2. The Morgan fingerprint density at radius 1 is 1.16 bits per heavy atom. The maximum Gasteiger partial charge on any atom is 0.257 e. The van der Waals surface area contributed by atoms with Gasteiger partial charge in [-0.15, -0.1) is 0 Å². The van der Waals surface area contributed by atoms with Crippen LogP contribution in [0.5, 0.6) is 5.75 Å².